The standard InChI is InChI=1S/C9H17N3O2S.ClH/c1-7-6-15-3-2-12(7)9(14)5-11-8(13)4-10;/h7H,2-6,10H2,1H3,(H,11,13);1H. The molecule has 1 atom stereocenters. The van der Waals surface area contributed by atoms with Gasteiger partial charge in [0.1, 0.15) is 0 Å². The van der Waals surface area contributed by atoms with Crippen LogP contribution < -0.4 is 11.1 Å². The number of carbonyl (C=O) groups excluding carboxylic acids is 2. The van der Waals surface area contributed by atoms with Gasteiger partial charge in [-0.1, -0.05) is 0 Å². The fourth-order valence-electron chi connectivity index (χ4n) is 1.45. The third-order valence-electron chi connectivity index (χ3n) is 2.31. The smallest absolute Gasteiger partial charge is 0.242 e. The van der Waals surface area contributed by atoms with Gasteiger partial charge in [-0.3, -0.25) is 9.59 Å². The van der Waals surface area contributed by atoms with Gasteiger partial charge in [0.2, 0.25) is 11.8 Å². The van der Waals surface area contributed by atoms with Gasteiger partial charge in [0.05, 0.1) is 13.1 Å². The maximum atomic E-state index is 11.7. The van der Waals surface area contributed by atoms with E-state index in [4.69, 9.17) is 5.73 Å². The van der Waals surface area contributed by atoms with Gasteiger partial charge in [-0.25, -0.2) is 0 Å². The predicted octanol–water partition coefficient (Wildman–Crippen LogP) is -0.553. The first-order valence-electron chi connectivity index (χ1n) is 4.99. The lowest BCUT2D eigenvalue weighted by Crippen LogP contribution is -2.49. The number of nitrogens with two attached hydrogens (primary N) is 1. The summed E-state index contributed by atoms with van der Waals surface area (Å²) >= 11 is 1.85. The molecule has 16 heavy (non-hydrogen) atoms. The molecule has 1 saturated heterocycles. The van der Waals surface area contributed by atoms with Crippen LogP contribution in [0.2, 0.25) is 0 Å². The van der Waals surface area contributed by atoms with Crippen molar-refractivity contribution in [1.82, 2.24) is 10.2 Å². The fourth-order valence-corrected chi connectivity index (χ4v) is 2.46. The lowest BCUT2D eigenvalue weighted by molar-refractivity contribution is -0.133. The molecule has 0 aromatic heterocycles. The lowest BCUT2D eigenvalue weighted by atomic mass is 10.3. The summed E-state index contributed by atoms with van der Waals surface area (Å²) < 4.78 is 0. The van der Waals surface area contributed by atoms with Gasteiger partial charge in [0.15, 0.2) is 0 Å². The van der Waals surface area contributed by atoms with E-state index in [1.54, 1.807) is 0 Å². The molecule has 1 fully saturated rings. The molecular formula is C9H18ClN3O2S. The highest BCUT2D eigenvalue weighted by molar-refractivity contribution is 7.99. The van der Waals surface area contributed by atoms with Crippen LogP contribution in [0.3, 0.4) is 0 Å². The topological polar surface area (TPSA) is 75.4 Å². The molecule has 1 aliphatic rings. The number of rotatable bonds is 3. The van der Waals surface area contributed by atoms with Gasteiger partial charge >= 0.3 is 0 Å². The Hall–Kier alpha value is -0.460. The number of amides is 2. The number of thioether (sulfide) groups is 1. The fraction of sp³-hybridized carbons (Fsp3) is 0.778. The van der Waals surface area contributed by atoms with Gasteiger partial charge in [0.25, 0.3) is 0 Å². The quantitative estimate of drug-likeness (QED) is 0.719. The summed E-state index contributed by atoms with van der Waals surface area (Å²) in [4.78, 5) is 24.4. The highest BCUT2D eigenvalue weighted by atomic mass is 35.5. The van der Waals surface area contributed by atoms with E-state index in [0.717, 1.165) is 18.1 Å². The maximum Gasteiger partial charge on any atom is 0.242 e. The van der Waals surface area contributed by atoms with Crippen LogP contribution >= 0.6 is 24.2 Å². The second-order valence-electron chi connectivity index (χ2n) is 3.49. The third kappa shape index (κ3) is 4.59. The van der Waals surface area contributed by atoms with Crippen molar-refractivity contribution < 1.29 is 9.59 Å². The van der Waals surface area contributed by atoms with Crippen LogP contribution in [-0.4, -0.2) is 53.9 Å². The molecular weight excluding hydrogens is 250 g/mol. The van der Waals surface area contributed by atoms with Gasteiger partial charge in [-0.15, -0.1) is 12.4 Å². The number of hydrogen-bond donors (Lipinski definition) is 2. The van der Waals surface area contributed by atoms with Crippen molar-refractivity contribution >= 4 is 36.0 Å². The van der Waals surface area contributed by atoms with Gasteiger partial charge in [-0.05, 0) is 6.92 Å². The molecule has 1 unspecified atom stereocenters. The summed E-state index contributed by atoms with van der Waals surface area (Å²) in [5, 5.41) is 2.49. The van der Waals surface area contributed by atoms with Crippen LogP contribution in [-0.2, 0) is 9.59 Å². The van der Waals surface area contributed by atoms with Crippen molar-refractivity contribution in [3.63, 3.8) is 0 Å². The van der Waals surface area contributed by atoms with E-state index in [2.05, 4.69) is 5.32 Å². The Bertz CT molecular complexity index is 253. The molecule has 7 heteroatoms. The monoisotopic (exact) mass is 267 g/mol. The molecule has 0 aliphatic carbocycles. The van der Waals surface area contributed by atoms with Gasteiger partial charge < -0.3 is 16.0 Å². The summed E-state index contributed by atoms with van der Waals surface area (Å²) in [6.07, 6.45) is 0. The highest BCUT2D eigenvalue weighted by Crippen LogP contribution is 2.15. The molecule has 0 saturated carbocycles. The van der Waals surface area contributed by atoms with Crippen LogP contribution in [0.1, 0.15) is 6.92 Å². The first-order chi connectivity index (χ1) is 7.15. The van der Waals surface area contributed by atoms with Crippen molar-refractivity contribution in [3.8, 4) is 0 Å². The van der Waals surface area contributed by atoms with E-state index in [0.29, 0.717) is 0 Å². The number of nitrogens with one attached hydrogen (secondary N) is 1. The molecule has 2 amide bonds. The molecule has 0 bridgehead atoms. The summed E-state index contributed by atoms with van der Waals surface area (Å²) in [5.41, 5.74) is 5.12. The van der Waals surface area contributed by atoms with E-state index in [-0.39, 0.29) is 43.4 Å². The normalized spacial score (nSPS) is 19.9. The van der Waals surface area contributed by atoms with E-state index >= 15 is 0 Å². The van der Waals surface area contributed by atoms with Crippen LogP contribution in [0.4, 0.5) is 0 Å². The molecule has 0 aromatic rings. The third-order valence-corrected chi connectivity index (χ3v) is 3.50. The minimum Gasteiger partial charge on any atom is -0.346 e. The van der Waals surface area contributed by atoms with Crippen molar-refractivity contribution in [1.29, 1.82) is 0 Å². The number of carbonyl (C=O) groups is 2. The Kier molecular flexibility index (Phi) is 7.53. The minimum absolute atomic E-state index is 0. The molecule has 1 heterocycles. The summed E-state index contributed by atoms with van der Waals surface area (Å²) in [7, 11) is 0. The van der Waals surface area contributed by atoms with E-state index < -0.39 is 0 Å². The van der Waals surface area contributed by atoms with E-state index in [1.165, 1.54) is 0 Å². The van der Waals surface area contributed by atoms with Crippen molar-refractivity contribution in [3.05, 3.63) is 0 Å². The average molecular weight is 268 g/mol. The zero-order valence-corrected chi connectivity index (χ0v) is 10.9. The van der Waals surface area contributed by atoms with Crippen LogP contribution in [0.15, 0.2) is 0 Å². The second-order valence-corrected chi connectivity index (χ2v) is 4.64. The molecule has 0 aromatic carbocycles. The number of hydrogen-bond acceptors (Lipinski definition) is 4. The SMILES string of the molecule is CC1CSCCN1C(=O)CNC(=O)CN.Cl. The first-order valence-corrected chi connectivity index (χ1v) is 6.14. The molecule has 94 valence electrons. The largest absolute Gasteiger partial charge is 0.346 e. The van der Waals surface area contributed by atoms with Gasteiger partial charge in [0, 0.05) is 24.1 Å². The van der Waals surface area contributed by atoms with Crippen LogP contribution in [0, 0.1) is 0 Å². The Labute approximate surface area is 106 Å². The predicted molar refractivity (Wildman–Crippen MR) is 67.8 cm³/mol. The average Bonchev–Trinajstić information content (AvgIpc) is 2.26. The van der Waals surface area contributed by atoms with Gasteiger partial charge in [-0.2, -0.15) is 11.8 Å². The molecule has 0 radical (unpaired) electrons. The van der Waals surface area contributed by atoms with Crippen LogP contribution in [0.5, 0.6) is 0 Å². The Balaban J connectivity index is 0.00000225. The lowest BCUT2D eigenvalue weighted by Gasteiger charge is -2.33. The molecule has 5 nitrogen and oxygen atoms in total. The summed E-state index contributed by atoms with van der Waals surface area (Å²) in [6, 6.07) is 0.256. The van der Waals surface area contributed by atoms with Crippen molar-refractivity contribution in [2.45, 2.75) is 13.0 Å². The first kappa shape index (κ1) is 15.5. The zero-order chi connectivity index (χ0) is 11.3. The molecule has 0 spiro atoms. The van der Waals surface area contributed by atoms with Crippen molar-refractivity contribution in [2.24, 2.45) is 5.73 Å². The molecule has 1 rings (SSSR count). The Morgan fingerprint density at radius 3 is 2.81 bits per heavy atom. The van der Waals surface area contributed by atoms with Crippen molar-refractivity contribution in [2.75, 3.05) is 31.1 Å². The highest BCUT2D eigenvalue weighted by Gasteiger charge is 2.23. The second kappa shape index (κ2) is 7.76. The maximum absolute atomic E-state index is 11.7. The Morgan fingerprint density at radius 1 is 1.56 bits per heavy atom. The molecule has 3 N–H and O–H groups in total. The minimum atomic E-state index is -0.289. The van der Waals surface area contributed by atoms with E-state index in [9.17, 15) is 9.59 Å². The zero-order valence-electron chi connectivity index (χ0n) is 9.27. The van der Waals surface area contributed by atoms with Crippen LogP contribution in [0.25, 0.3) is 0 Å². The Morgan fingerprint density at radius 2 is 2.25 bits per heavy atom. The number of nitrogens with zero attached hydrogens (tertiary/aromatic N) is 1. The van der Waals surface area contributed by atoms with E-state index in [1.807, 2.05) is 23.6 Å². The summed E-state index contributed by atoms with van der Waals surface area (Å²) in [5.74, 6) is 1.63. The molecule has 1 aliphatic heterocycles. The summed E-state index contributed by atoms with van der Waals surface area (Å²) in [6.45, 7) is 2.78. The number of halogens is 1.